The molecule has 0 spiro atoms. The molecule has 0 atom stereocenters. The number of benzene rings is 3. The van der Waals surface area contributed by atoms with E-state index in [0.717, 1.165) is 33.5 Å². The molecule has 1 heterocycles. The van der Waals surface area contributed by atoms with Crippen LogP contribution in [0.2, 0.25) is 0 Å². The van der Waals surface area contributed by atoms with Crippen LogP contribution in [0.1, 0.15) is 22.4 Å². The lowest BCUT2D eigenvalue weighted by Gasteiger charge is -2.12. The average molecular weight is 479 g/mol. The Kier molecular flexibility index (Phi) is 7.84. The molecule has 0 saturated carbocycles. The van der Waals surface area contributed by atoms with Crippen LogP contribution in [0.4, 0.5) is 0 Å². The van der Waals surface area contributed by atoms with E-state index >= 15 is 0 Å². The molecule has 6 heteroatoms. The number of allylic oxidation sites excluding steroid dienone is 1. The highest BCUT2D eigenvalue weighted by atomic mass is 16.5. The number of nitrogens with zero attached hydrogens (tertiary/aromatic N) is 2. The Morgan fingerprint density at radius 1 is 1.03 bits per heavy atom. The highest BCUT2D eigenvalue weighted by Gasteiger charge is 2.10. The predicted molar refractivity (Wildman–Crippen MR) is 141 cm³/mol. The zero-order chi connectivity index (χ0) is 25.3. The van der Waals surface area contributed by atoms with Crippen LogP contribution < -0.4 is 9.47 Å². The molecular weight excluding hydrogens is 452 g/mol. The van der Waals surface area contributed by atoms with Gasteiger partial charge in [-0.25, -0.2) is 4.79 Å². The summed E-state index contributed by atoms with van der Waals surface area (Å²) in [6, 6.07) is 23.6. The topological polar surface area (TPSA) is 84.5 Å². The molecule has 6 nitrogen and oxygen atoms in total. The van der Waals surface area contributed by atoms with Crippen LogP contribution in [0, 0.1) is 11.3 Å². The Morgan fingerprint density at radius 3 is 2.53 bits per heavy atom. The summed E-state index contributed by atoms with van der Waals surface area (Å²) in [5, 5.41) is 20.4. The van der Waals surface area contributed by atoms with Crippen LogP contribution in [0.3, 0.4) is 0 Å². The van der Waals surface area contributed by atoms with E-state index in [-0.39, 0.29) is 0 Å². The van der Waals surface area contributed by atoms with Crippen molar-refractivity contribution in [3.63, 3.8) is 0 Å². The van der Waals surface area contributed by atoms with Gasteiger partial charge in [-0.05, 0) is 41.3 Å². The minimum absolute atomic E-state index is 0.395. The minimum atomic E-state index is -0.976. The second kappa shape index (κ2) is 11.6. The van der Waals surface area contributed by atoms with E-state index in [4.69, 9.17) is 14.6 Å². The van der Waals surface area contributed by atoms with Crippen molar-refractivity contribution >= 4 is 28.9 Å². The number of carbonyl (C=O) groups is 1. The maximum Gasteiger partial charge on any atom is 0.328 e. The molecule has 1 N–H and O–H groups in total. The Balaban J connectivity index is 1.40. The van der Waals surface area contributed by atoms with Gasteiger partial charge in [0.25, 0.3) is 0 Å². The van der Waals surface area contributed by atoms with E-state index < -0.39 is 5.97 Å². The molecule has 3 aromatic carbocycles. The van der Waals surface area contributed by atoms with E-state index in [1.165, 1.54) is 0 Å². The number of aliphatic carboxylic acids is 1. The van der Waals surface area contributed by atoms with Gasteiger partial charge >= 0.3 is 5.97 Å². The van der Waals surface area contributed by atoms with Crippen molar-refractivity contribution in [1.82, 2.24) is 4.57 Å². The van der Waals surface area contributed by atoms with Crippen molar-refractivity contribution in [3.05, 3.63) is 107 Å². The molecule has 4 aromatic rings. The molecule has 0 unspecified atom stereocenters. The smallest absolute Gasteiger partial charge is 0.328 e. The first-order chi connectivity index (χ1) is 17.6. The number of rotatable bonds is 10. The molecule has 0 bridgehead atoms. The van der Waals surface area contributed by atoms with Crippen LogP contribution in [0.25, 0.3) is 22.9 Å². The summed E-state index contributed by atoms with van der Waals surface area (Å²) in [6.07, 6.45) is 9.38. The molecule has 0 fully saturated rings. The van der Waals surface area contributed by atoms with Crippen molar-refractivity contribution in [2.24, 2.45) is 0 Å². The molecule has 0 saturated heterocycles. The number of ether oxygens (including phenoxy) is 2. The predicted octanol–water partition coefficient (Wildman–Crippen LogP) is 5.95. The quantitative estimate of drug-likeness (QED) is 0.285. The first-order valence-corrected chi connectivity index (χ1v) is 11.5. The fourth-order valence-corrected chi connectivity index (χ4v) is 4.02. The highest BCUT2D eigenvalue weighted by molar-refractivity contribution is 5.87. The Hall–Kier alpha value is -4.76. The molecular formula is C30H26N2O4. The molecule has 0 aliphatic rings. The molecule has 36 heavy (non-hydrogen) atoms. The molecule has 0 amide bonds. The third kappa shape index (κ3) is 5.83. The summed E-state index contributed by atoms with van der Waals surface area (Å²) in [5.74, 6) is 0.309. The lowest BCUT2D eigenvalue weighted by molar-refractivity contribution is -0.131. The third-order valence-corrected chi connectivity index (χ3v) is 5.77. The van der Waals surface area contributed by atoms with E-state index in [2.05, 4.69) is 6.07 Å². The van der Waals surface area contributed by atoms with Crippen molar-refractivity contribution in [3.8, 4) is 17.6 Å². The largest absolute Gasteiger partial charge is 0.493 e. The Labute approximate surface area is 209 Å². The normalized spacial score (nSPS) is 11.2. The first kappa shape index (κ1) is 24.4. The first-order valence-electron chi connectivity index (χ1n) is 11.5. The van der Waals surface area contributed by atoms with Gasteiger partial charge in [-0.15, -0.1) is 0 Å². The van der Waals surface area contributed by atoms with Gasteiger partial charge in [0.1, 0.15) is 18.4 Å². The standard InChI is InChI=1S/C30H26N2O4/c1-35-29-19-22(7-6-11-23-8-2-3-9-24(23)14-16-30(33)34)13-15-28(29)36-18-17-32-21-25-10-4-5-12-26(25)27(32)20-31/h2-6,8-16,19,21H,7,17-18H2,1H3,(H,33,34)/b11-6+,16-14+. The molecule has 1 aromatic heterocycles. The average Bonchev–Trinajstić information content (AvgIpc) is 3.26. The zero-order valence-electron chi connectivity index (χ0n) is 19.9. The van der Waals surface area contributed by atoms with Crippen LogP contribution in [-0.4, -0.2) is 29.4 Å². The molecule has 4 rings (SSSR count). The second-order valence-corrected chi connectivity index (χ2v) is 8.11. The summed E-state index contributed by atoms with van der Waals surface area (Å²) in [7, 11) is 1.61. The number of methoxy groups -OCH3 is 1. The van der Waals surface area contributed by atoms with Crippen LogP contribution >= 0.6 is 0 Å². The number of hydrogen-bond donors (Lipinski definition) is 1. The number of nitriles is 1. The second-order valence-electron chi connectivity index (χ2n) is 8.11. The zero-order valence-corrected chi connectivity index (χ0v) is 19.9. The van der Waals surface area contributed by atoms with Gasteiger partial charge in [0.2, 0.25) is 0 Å². The number of fused-ring (bicyclic) bond motifs is 1. The molecule has 0 aliphatic heterocycles. The van der Waals surface area contributed by atoms with Crippen LogP contribution in [0.15, 0.2) is 85.1 Å². The van der Waals surface area contributed by atoms with E-state index in [1.807, 2.05) is 89.6 Å². The van der Waals surface area contributed by atoms with Gasteiger partial charge in [0.05, 0.1) is 13.7 Å². The van der Waals surface area contributed by atoms with Crippen molar-refractivity contribution in [2.45, 2.75) is 13.0 Å². The number of aromatic nitrogens is 1. The van der Waals surface area contributed by atoms with Crippen molar-refractivity contribution in [1.29, 1.82) is 5.26 Å². The number of carboxylic acid groups (broad SMARTS) is 1. The molecule has 0 aliphatic carbocycles. The lowest BCUT2D eigenvalue weighted by atomic mass is 10.0. The van der Waals surface area contributed by atoms with Gasteiger partial charge in [-0.1, -0.05) is 66.7 Å². The maximum absolute atomic E-state index is 10.8. The number of carboxylic acids is 1. The number of hydrogen-bond acceptors (Lipinski definition) is 4. The molecule has 180 valence electrons. The fourth-order valence-electron chi connectivity index (χ4n) is 4.02. The van der Waals surface area contributed by atoms with Gasteiger partial charge in [-0.2, -0.15) is 5.26 Å². The van der Waals surface area contributed by atoms with E-state index in [1.54, 1.807) is 13.2 Å². The Bertz CT molecular complexity index is 1470. The third-order valence-electron chi connectivity index (χ3n) is 5.77. The summed E-state index contributed by atoms with van der Waals surface area (Å²) >= 11 is 0. The van der Waals surface area contributed by atoms with Gasteiger partial charge in [-0.3, -0.25) is 0 Å². The monoisotopic (exact) mass is 478 g/mol. The Morgan fingerprint density at radius 2 is 1.78 bits per heavy atom. The highest BCUT2D eigenvalue weighted by Crippen LogP contribution is 2.29. The van der Waals surface area contributed by atoms with E-state index in [9.17, 15) is 10.1 Å². The van der Waals surface area contributed by atoms with Crippen LogP contribution in [0.5, 0.6) is 11.5 Å². The van der Waals surface area contributed by atoms with Crippen molar-refractivity contribution < 1.29 is 19.4 Å². The minimum Gasteiger partial charge on any atom is -0.493 e. The van der Waals surface area contributed by atoms with Crippen LogP contribution in [-0.2, 0) is 17.8 Å². The fraction of sp³-hybridized carbons (Fsp3) is 0.133. The van der Waals surface area contributed by atoms with Gasteiger partial charge < -0.3 is 19.1 Å². The SMILES string of the molecule is COc1cc(C/C=C/c2ccccc2/C=C/C(=O)O)ccc1OCCn1cc2ccccc2c1C#N. The van der Waals surface area contributed by atoms with E-state index in [0.29, 0.717) is 36.8 Å². The lowest BCUT2D eigenvalue weighted by Crippen LogP contribution is -2.09. The van der Waals surface area contributed by atoms with Crippen molar-refractivity contribution in [2.75, 3.05) is 13.7 Å². The maximum atomic E-state index is 10.8. The summed E-state index contributed by atoms with van der Waals surface area (Å²) in [5.41, 5.74) is 3.46. The summed E-state index contributed by atoms with van der Waals surface area (Å²) < 4.78 is 13.5. The van der Waals surface area contributed by atoms with Gasteiger partial charge in [0.15, 0.2) is 11.5 Å². The summed E-state index contributed by atoms with van der Waals surface area (Å²) in [6.45, 7) is 0.937. The summed E-state index contributed by atoms with van der Waals surface area (Å²) in [4.78, 5) is 10.8. The van der Waals surface area contributed by atoms with Gasteiger partial charge in [0, 0.05) is 23.0 Å². The molecule has 0 radical (unpaired) electrons.